The van der Waals surface area contributed by atoms with Crippen LogP contribution < -0.4 is 4.90 Å². The van der Waals surface area contributed by atoms with Crippen molar-refractivity contribution >= 4 is 11.3 Å². The monoisotopic (exact) mass is 403 g/mol. The lowest BCUT2D eigenvalue weighted by Crippen LogP contribution is -2.37. The quantitative estimate of drug-likeness (QED) is 0.521. The minimum atomic E-state index is -4.61. The first-order chi connectivity index (χ1) is 13.9. The normalized spacial score (nSPS) is 17.0. The molecule has 7 nitrogen and oxygen atoms in total. The highest BCUT2D eigenvalue weighted by Gasteiger charge is 2.37. The van der Waals surface area contributed by atoms with Crippen LogP contribution in [0.3, 0.4) is 0 Å². The molecule has 0 spiro atoms. The fourth-order valence-corrected chi connectivity index (χ4v) is 3.59. The fourth-order valence-electron chi connectivity index (χ4n) is 3.59. The number of fused-ring (bicyclic) bond motifs is 2. The number of alkyl halides is 3. The van der Waals surface area contributed by atoms with Crippen LogP contribution in [0.25, 0.3) is 5.52 Å². The maximum absolute atomic E-state index is 14.2. The van der Waals surface area contributed by atoms with Crippen LogP contribution in [0.2, 0.25) is 0 Å². The summed E-state index contributed by atoms with van der Waals surface area (Å²) in [7, 11) is 0. The van der Waals surface area contributed by atoms with Crippen molar-refractivity contribution in [1.82, 2.24) is 29.5 Å². The van der Waals surface area contributed by atoms with Crippen molar-refractivity contribution in [3.8, 4) is 0 Å². The van der Waals surface area contributed by atoms with Gasteiger partial charge in [-0.3, -0.25) is 4.98 Å². The van der Waals surface area contributed by atoms with Crippen LogP contribution in [0.4, 0.5) is 23.4 Å². The lowest BCUT2D eigenvalue weighted by Gasteiger charge is -2.34. The number of nitrogens with one attached hydrogen (secondary N) is 1. The van der Waals surface area contributed by atoms with E-state index in [0.29, 0.717) is 30.6 Å². The first-order valence-corrected chi connectivity index (χ1v) is 8.73. The van der Waals surface area contributed by atoms with E-state index in [0.717, 1.165) is 5.69 Å². The Labute approximate surface area is 161 Å². The molecule has 148 valence electrons. The number of aromatic nitrogens is 6. The molecule has 4 aromatic rings. The Morgan fingerprint density at radius 1 is 1.21 bits per heavy atom. The summed E-state index contributed by atoms with van der Waals surface area (Å²) in [5, 5.41) is 4.43. The largest absolute Gasteiger partial charge is 0.434 e. The van der Waals surface area contributed by atoms with E-state index in [9.17, 15) is 17.6 Å². The maximum atomic E-state index is 14.2. The zero-order valence-electron chi connectivity index (χ0n) is 14.7. The Morgan fingerprint density at radius 3 is 2.86 bits per heavy atom. The Kier molecular flexibility index (Phi) is 3.80. The number of hydrogen-bond donors (Lipinski definition) is 1. The van der Waals surface area contributed by atoms with Gasteiger partial charge in [-0.25, -0.2) is 18.9 Å². The first kappa shape index (κ1) is 17.6. The van der Waals surface area contributed by atoms with Crippen LogP contribution in [0.1, 0.15) is 28.8 Å². The first-order valence-electron chi connectivity index (χ1n) is 8.73. The molecule has 11 heteroatoms. The number of anilines is 1. The predicted molar refractivity (Wildman–Crippen MR) is 93.7 cm³/mol. The zero-order valence-corrected chi connectivity index (χ0v) is 14.7. The van der Waals surface area contributed by atoms with E-state index in [1.54, 1.807) is 17.2 Å². The van der Waals surface area contributed by atoms with Crippen LogP contribution in [-0.4, -0.2) is 36.1 Å². The molecule has 1 aliphatic heterocycles. The van der Waals surface area contributed by atoms with Gasteiger partial charge in [-0.05, 0) is 18.2 Å². The van der Waals surface area contributed by atoms with Gasteiger partial charge in [0.25, 0.3) is 0 Å². The van der Waals surface area contributed by atoms with E-state index in [1.165, 1.54) is 29.2 Å². The predicted octanol–water partition coefficient (Wildman–Crippen LogP) is 3.16. The summed E-state index contributed by atoms with van der Waals surface area (Å²) in [4.78, 5) is 16.5. The number of rotatable bonds is 2. The summed E-state index contributed by atoms with van der Waals surface area (Å²) < 4.78 is 55.0. The Hall–Kier alpha value is -3.50. The van der Waals surface area contributed by atoms with Gasteiger partial charge in [0.15, 0.2) is 5.69 Å². The number of imidazole rings is 1. The minimum absolute atomic E-state index is 0.0519. The molecule has 1 atom stereocenters. The number of aromatic amines is 1. The zero-order chi connectivity index (χ0) is 20.2. The average Bonchev–Trinajstić information content (AvgIpc) is 3.34. The van der Waals surface area contributed by atoms with Gasteiger partial charge in [0.05, 0.1) is 30.1 Å². The average molecular weight is 403 g/mol. The van der Waals surface area contributed by atoms with Crippen LogP contribution in [-0.2, 0) is 12.6 Å². The molecule has 0 bridgehead atoms. The summed E-state index contributed by atoms with van der Waals surface area (Å²) in [5.74, 6) is -0.397. The third-order valence-corrected chi connectivity index (χ3v) is 4.88. The lowest BCUT2D eigenvalue weighted by atomic mass is 10.00. The molecule has 0 radical (unpaired) electrons. The Balaban J connectivity index is 1.66. The third-order valence-electron chi connectivity index (χ3n) is 4.88. The Morgan fingerprint density at radius 2 is 2.07 bits per heavy atom. The van der Waals surface area contributed by atoms with Crippen molar-refractivity contribution < 1.29 is 17.6 Å². The van der Waals surface area contributed by atoms with Gasteiger partial charge < -0.3 is 9.88 Å². The molecule has 1 N–H and O–H groups in total. The number of halogens is 4. The van der Waals surface area contributed by atoms with Gasteiger partial charge in [-0.2, -0.15) is 18.3 Å². The highest BCUT2D eigenvalue weighted by molar-refractivity contribution is 5.54. The van der Waals surface area contributed by atoms with Gasteiger partial charge in [-0.15, -0.1) is 0 Å². The molecule has 5 heterocycles. The van der Waals surface area contributed by atoms with Gasteiger partial charge in [0.1, 0.15) is 23.2 Å². The fraction of sp³-hybridized carbons (Fsp3) is 0.222. The van der Waals surface area contributed by atoms with Crippen LogP contribution >= 0.6 is 0 Å². The van der Waals surface area contributed by atoms with Crippen molar-refractivity contribution in [2.24, 2.45) is 0 Å². The van der Waals surface area contributed by atoms with Gasteiger partial charge in [-0.1, -0.05) is 0 Å². The van der Waals surface area contributed by atoms with Crippen molar-refractivity contribution in [2.75, 3.05) is 11.4 Å². The molecule has 4 aromatic heterocycles. The van der Waals surface area contributed by atoms with Crippen LogP contribution in [0.5, 0.6) is 0 Å². The molecule has 0 amide bonds. The van der Waals surface area contributed by atoms with E-state index in [2.05, 4.69) is 25.0 Å². The number of pyridine rings is 1. The smallest absolute Gasteiger partial charge is 0.348 e. The van der Waals surface area contributed by atoms with Crippen molar-refractivity contribution in [3.05, 3.63) is 71.7 Å². The van der Waals surface area contributed by atoms with E-state index in [1.807, 2.05) is 0 Å². The molecular formula is C18H13F4N7. The summed E-state index contributed by atoms with van der Waals surface area (Å²) in [6.45, 7) is 0.367. The highest BCUT2D eigenvalue weighted by atomic mass is 19.4. The van der Waals surface area contributed by atoms with Gasteiger partial charge in [0, 0.05) is 24.9 Å². The molecule has 0 saturated heterocycles. The summed E-state index contributed by atoms with van der Waals surface area (Å²) in [6, 6.07) is 3.77. The highest BCUT2D eigenvalue weighted by Crippen LogP contribution is 2.37. The summed E-state index contributed by atoms with van der Waals surface area (Å²) in [6.07, 6.45) is 1.00. The van der Waals surface area contributed by atoms with Crippen molar-refractivity contribution in [1.29, 1.82) is 0 Å². The molecule has 0 fully saturated rings. The second-order valence-electron chi connectivity index (χ2n) is 6.63. The van der Waals surface area contributed by atoms with Crippen molar-refractivity contribution in [3.63, 3.8) is 0 Å². The molecule has 0 aromatic carbocycles. The molecule has 5 rings (SSSR count). The molecule has 0 aliphatic carbocycles. The molecule has 0 saturated carbocycles. The number of H-pyrrole nitrogens is 1. The molecular weight excluding hydrogens is 390 g/mol. The van der Waals surface area contributed by atoms with Crippen molar-refractivity contribution in [2.45, 2.75) is 18.6 Å². The summed E-state index contributed by atoms with van der Waals surface area (Å²) in [5.41, 5.74) is 1.09. The van der Waals surface area contributed by atoms with Crippen LogP contribution in [0, 0.1) is 5.82 Å². The lowest BCUT2D eigenvalue weighted by molar-refractivity contribution is -0.141. The van der Waals surface area contributed by atoms with Crippen LogP contribution in [0.15, 0.2) is 43.1 Å². The topological polar surface area (TPSA) is 75.0 Å². The van der Waals surface area contributed by atoms with E-state index in [-0.39, 0.29) is 11.3 Å². The van der Waals surface area contributed by atoms with Gasteiger partial charge in [0.2, 0.25) is 0 Å². The molecule has 29 heavy (non-hydrogen) atoms. The Bertz CT molecular complexity index is 1200. The third kappa shape index (κ3) is 2.89. The van der Waals surface area contributed by atoms with E-state index in [4.69, 9.17) is 0 Å². The van der Waals surface area contributed by atoms with E-state index >= 15 is 0 Å². The van der Waals surface area contributed by atoms with E-state index < -0.39 is 23.7 Å². The standard InChI is InChI=1S/C18H13F4N7/c19-10-2-1-4-29-13(10)6-12(27-29)17-16-11(24-9-25-16)3-5-28(17)15-8-23-7-14(26-15)18(20,21)22/h1-2,4,6-9,17H,3,5H2,(H,24,25)/t17-/m0/s1. The summed E-state index contributed by atoms with van der Waals surface area (Å²) >= 11 is 0. The number of nitrogens with zero attached hydrogens (tertiary/aromatic N) is 6. The second-order valence-corrected chi connectivity index (χ2v) is 6.63. The SMILES string of the molecule is Fc1cccn2nc([C@H]3c4nc[nH]c4CCN3c3cncc(C(F)(F)F)n3)cc12. The molecule has 0 unspecified atom stereocenters. The maximum Gasteiger partial charge on any atom is 0.434 e. The minimum Gasteiger partial charge on any atom is -0.348 e. The number of hydrogen-bond acceptors (Lipinski definition) is 5. The second kappa shape index (κ2) is 6.26. The van der Waals surface area contributed by atoms with Gasteiger partial charge >= 0.3 is 6.18 Å². The molecule has 1 aliphatic rings.